The average Bonchev–Trinajstić information content (AvgIpc) is 3.11. The van der Waals surface area contributed by atoms with Crippen molar-refractivity contribution < 1.29 is 4.79 Å². The highest BCUT2D eigenvalue weighted by Gasteiger charge is 2.23. The zero-order chi connectivity index (χ0) is 14.7. The highest BCUT2D eigenvalue weighted by molar-refractivity contribution is 5.91. The number of nitrogens with zero attached hydrogens (tertiary/aromatic N) is 4. The molecule has 0 saturated carbocycles. The second-order valence-corrected chi connectivity index (χ2v) is 5.51. The van der Waals surface area contributed by atoms with Gasteiger partial charge in [0.05, 0.1) is 6.54 Å². The smallest absolute Gasteiger partial charge is 0.239 e. The fourth-order valence-electron chi connectivity index (χ4n) is 2.81. The number of anilines is 1. The van der Waals surface area contributed by atoms with Gasteiger partial charge in [-0.25, -0.2) is 0 Å². The summed E-state index contributed by atoms with van der Waals surface area (Å²) in [6.07, 6.45) is 5.83. The van der Waals surface area contributed by atoms with Gasteiger partial charge in [0.1, 0.15) is 0 Å². The lowest BCUT2D eigenvalue weighted by atomic mass is 9.95. The SMILES string of the molecule is Cn1ccc(NC(=O)CN2CCC[C@H](c3ccn[nH]3)C2)n1. The molecule has 1 fully saturated rings. The summed E-state index contributed by atoms with van der Waals surface area (Å²) in [7, 11) is 1.83. The minimum atomic E-state index is -0.0149. The Kier molecular flexibility index (Phi) is 4.01. The van der Waals surface area contributed by atoms with Crippen molar-refractivity contribution in [3.05, 3.63) is 30.2 Å². The van der Waals surface area contributed by atoms with Gasteiger partial charge < -0.3 is 5.32 Å². The minimum Gasteiger partial charge on any atom is -0.308 e. The van der Waals surface area contributed by atoms with Crippen LogP contribution in [-0.4, -0.2) is 50.4 Å². The van der Waals surface area contributed by atoms with Gasteiger partial charge in [-0.05, 0) is 25.5 Å². The monoisotopic (exact) mass is 288 g/mol. The van der Waals surface area contributed by atoms with Crippen LogP contribution < -0.4 is 5.32 Å². The number of hydrogen-bond donors (Lipinski definition) is 2. The Morgan fingerprint density at radius 3 is 3.14 bits per heavy atom. The number of hydrogen-bond acceptors (Lipinski definition) is 4. The maximum Gasteiger partial charge on any atom is 0.239 e. The van der Waals surface area contributed by atoms with Crippen LogP contribution in [0.5, 0.6) is 0 Å². The van der Waals surface area contributed by atoms with Crippen LogP contribution in [0.1, 0.15) is 24.5 Å². The number of carbonyl (C=O) groups is 1. The van der Waals surface area contributed by atoms with Crippen LogP contribution in [0.3, 0.4) is 0 Å². The number of amides is 1. The summed E-state index contributed by atoms with van der Waals surface area (Å²) in [5, 5.41) is 14.0. The van der Waals surface area contributed by atoms with Crippen LogP contribution in [0.25, 0.3) is 0 Å². The molecule has 7 heteroatoms. The van der Waals surface area contributed by atoms with Gasteiger partial charge in [-0.2, -0.15) is 10.2 Å². The van der Waals surface area contributed by atoms with E-state index in [4.69, 9.17) is 0 Å². The summed E-state index contributed by atoms with van der Waals surface area (Å²) < 4.78 is 1.67. The molecule has 1 aliphatic rings. The van der Waals surface area contributed by atoms with Crippen molar-refractivity contribution >= 4 is 11.7 Å². The molecule has 1 saturated heterocycles. The zero-order valence-electron chi connectivity index (χ0n) is 12.1. The van der Waals surface area contributed by atoms with Crippen LogP contribution >= 0.6 is 0 Å². The number of H-pyrrole nitrogens is 1. The molecule has 0 bridgehead atoms. The van der Waals surface area contributed by atoms with Crippen molar-refractivity contribution in [3.63, 3.8) is 0 Å². The molecule has 2 N–H and O–H groups in total. The van der Waals surface area contributed by atoms with Gasteiger partial charge in [0.2, 0.25) is 5.91 Å². The molecule has 0 aromatic carbocycles. The summed E-state index contributed by atoms with van der Waals surface area (Å²) in [5.41, 5.74) is 1.16. The lowest BCUT2D eigenvalue weighted by Crippen LogP contribution is -2.39. The molecule has 112 valence electrons. The van der Waals surface area contributed by atoms with Crippen molar-refractivity contribution in [1.82, 2.24) is 24.9 Å². The van der Waals surface area contributed by atoms with Crippen molar-refractivity contribution in [3.8, 4) is 0 Å². The van der Waals surface area contributed by atoms with Crippen LogP contribution in [0.2, 0.25) is 0 Å². The molecular weight excluding hydrogens is 268 g/mol. The Balaban J connectivity index is 1.53. The maximum absolute atomic E-state index is 12.1. The molecule has 0 aliphatic carbocycles. The molecule has 1 aliphatic heterocycles. The van der Waals surface area contributed by atoms with E-state index < -0.39 is 0 Å². The van der Waals surface area contributed by atoms with Gasteiger partial charge in [0.25, 0.3) is 0 Å². The van der Waals surface area contributed by atoms with E-state index in [0.29, 0.717) is 18.3 Å². The molecule has 7 nitrogen and oxygen atoms in total. The van der Waals surface area contributed by atoms with E-state index in [1.807, 2.05) is 19.3 Å². The largest absolute Gasteiger partial charge is 0.308 e. The third kappa shape index (κ3) is 3.49. The van der Waals surface area contributed by atoms with E-state index in [0.717, 1.165) is 31.6 Å². The second kappa shape index (κ2) is 6.09. The lowest BCUT2D eigenvalue weighted by molar-refractivity contribution is -0.117. The van der Waals surface area contributed by atoms with Gasteiger partial charge in [-0.3, -0.25) is 19.5 Å². The zero-order valence-corrected chi connectivity index (χ0v) is 12.1. The highest BCUT2D eigenvalue weighted by atomic mass is 16.2. The molecule has 0 unspecified atom stereocenters. The number of piperidine rings is 1. The average molecular weight is 288 g/mol. The summed E-state index contributed by atoms with van der Waals surface area (Å²) in [6.45, 7) is 2.25. The number of aryl methyl sites for hydroxylation is 1. The third-order valence-corrected chi connectivity index (χ3v) is 3.82. The molecule has 21 heavy (non-hydrogen) atoms. The first kappa shape index (κ1) is 13.8. The van der Waals surface area contributed by atoms with Crippen molar-refractivity contribution in [2.75, 3.05) is 25.0 Å². The van der Waals surface area contributed by atoms with Crippen LogP contribution in [0.15, 0.2) is 24.5 Å². The fraction of sp³-hybridized carbons (Fsp3) is 0.500. The Morgan fingerprint density at radius 1 is 1.52 bits per heavy atom. The molecule has 0 radical (unpaired) electrons. The highest BCUT2D eigenvalue weighted by Crippen LogP contribution is 2.24. The Hall–Kier alpha value is -2.15. The molecule has 3 rings (SSSR count). The van der Waals surface area contributed by atoms with Crippen molar-refractivity contribution in [1.29, 1.82) is 0 Å². The summed E-state index contributed by atoms with van der Waals surface area (Å²) in [6, 6.07) is 3.81. The number of nitrogens with one attached hydrogen (secondary N) is 2. The molecule has 3 heterocycles. The Bertz CT molecular complexity index is 590. The number of likely N-dealkylation sites (tertiary alicyclic amines) is 1. The second-order valence-electron chi connectivity index (χ2n) is 5.51. The molecule has 1 amide bonds. The standard InChI is InChI=1S/C14H20N6O/c1-19-8-5-13(18-19)16-14(21)10-20-7-2-3-11(9-20)12-4-6-15-17-12/h4-6,8,11H,2-3,7,9-10H2,1H3,(H,15,17)(H,16,18,21)/t11-/m0/s1. The van der Waals surface area contributed by atoms with E-state index in [9.17, 15) is 4.79 Å². The van der Waals surface area contributed by atoms with Crippen molar-refractivity contribution in [2.24, 2.45) is 7.05 Å². The summed E-state index contributed by atoms with van der Waals surface area (Å²) >= 11 is 0. The number of aromatic amines is 1. The van der Waals surface area contributed by atoms with E-state index in [-0.39, 0.29) is 5.91 Å². The molecule has 2 aromatic heterocycles. The van der Waals surface area contributed by atoms with E-state index >= 15 is 0 Å². The number of carbonyl (C=O) groups excluding carboxylic acids is 1. The van der Waals surface area contributed by atoms with Gasteiger partial charge in [-0.15, -0.1) is 0 Å². The predicted octanol–water partition coefficient (Wildman–Crippen LogP) is 0.961. The third-order valence-electron chi connectivity index (χ3n) is 3.82. The van der Waals surface area contributed by atoms with Gasteiger partial charge in [0.15, 0.2) is 5.82 Å². The first-order valence-corrected chi connectivity index (χ1v) is 7.22. The quantitative estimate of drug-likeness (QED) is 0.878. The molecule has 0 spiro atoms. The number of rotatable bonds is 4. The number of aromatic nitrogens is 4. The van der Waals surface area contributed by atoms with Gasteiger partial charge in [-0.1, -0.05) is 0 Å². The normalized spacial score (nSPS) is 19.6. The van der Waals surface area contributed by atoms with Crippen LogP contribution in [0.4, 0.5) is 5.82 Å². The summed E-state index contributed by atoms with van der Waals surface area (Å²) in [4.78, 5) is 14.2. The lowest BCUT2D eigenvalue weighted by Gasteiger charge is -2.31. The predicted molar refractivity (Wildman–Crippen MR) is 78.8 cm³/mol. The van der Waals surface area contributed by atoms with Crippen molar-refractivity contribution in [2.45, 2.75) is 18.8 Å². The molecule has 2 aromatic rings. The van der Waals surface area contributed by atoms with Crippen LogP contribution in [0, 0.1) is 0 Å². The first-order chi connectivity index (χ1) is 10.2. The topological polar surface area (TPSA) is 78.8 Å². The fourth-order valence-corrected chi connectivity index (χ4v) is 2.81. The Labute approximate surface area is 123 Å². The van der Waals surface area contributed by atoms with Crippen LogP contribution in [-0.2, 0) is 11.8 Å². The van der Waals surface area contributed by atoms with Gasteiger partial charge >= 0.3 is 0 Å². The van der Waals surface area contributed by atoms with E-state index in [2.05, 4.69) is 25.5 Å². The van der Waals surface area contributed by atoms with Gasteiger partial charge in [0, 0.05) is 43.7 Å². The van der Waals surface area contributed by atoms with E-state index in [1.165, 1.54) is 0 Å². The minimum absolute atomic E-state index is 0.0149. The Morgan fingerprint density at radius 2 is 2.43 bits per heavy atom. The molecule has 1 atom stereocenters. The van der Waals surface area contributed by atoms with E-state index in [1.54, 1.807) is 16.9 Å². The maximum atomic E-state index is 12.1. The summed E-state index contributed by atoms with van der Waals surface area (Å²) in [5.74, 6) is 1.02. The first-order valence-electron chi connectivity index (χ1n) is 7.22. The molecular formula is C14H20N6O.